The van der Waals surface area contributed by atoms with Crippen LogP contribution in [-0.4, -0.2) is 9.47 Å². The molecule has 216 valence electrons. The molecular weight excluding hydrogens is 548 g/mol. The molecule has 9 rings (SSSR count). The second kappa shape index (κ2) is 9.90. The molecule has 2 aliphatic rings. The van der Waals surface area contributed by atoms with Crippen molar-refractivity contribution >= 4 is 49.0 Å². The van der Waals surface area contributed by atoms with Gasteiger partial charge in [-0.15, -0.1) is 0 Å². The Morgan fingerprint density at radius 1 is 0.644 bits per heavy atom. The Hall–Kier alpha value is -5.74. The van der Waals surface area contributed by atoms with Gasteiger partial charge in [0.05, 0.1) is 16.7 Å². The number of fused-ring (bicyclic) bond motifs is 10. The van der Waals surface area contributed by atoms with E-state index in [0.717, 1.165) is 22.8 Å². The molecule has 0 saturated heterocycles. The van der Waals surface area contributed by atoms with Gasteiger partial charge in [-0.3, -0.25) is 0 Å². The number of nitrogens with zero attached hydrogens (tertiary/aromatic N) is 2. The number of allylic oxidation sites excluding steroid dienone is 4. The fourth-order valence-corrected chi connectivity index (χ4v) is 7.53. The average molecular weight is 581 g/mol. The Kier molecular flexibility index (Phi) is 5.66. The third-order valence-electron chi connectivity index (χ3n) is 9.52. The molecule has 2 N–H and O–H groups in total. The lowest BCUT2D eigenvalue weighted by molar-refractivity contribution is 0.204. The van der Waals surface area contributed by atoms with E-state index in [9.17, 15) is 0 Å². The zero-order chi connectivity index (χ0) is 30.1. The van der Waals surface area contributed by atoms with Crippen LogP contribution in [0.3, 0.4) is 0 Å². The van der Waals surface area contributed by atoms with Crippen molar-refractivity contribution < 1.29 is 0 Å². The summed E-state index contributed by atoms with van der Waals surface area (Å²) in [5, 5.41) is 15.3. The van der Waals surface area contributed by atoms with Crippen LogP contribution in [0.5, 0.6) is 0 Å². The molecular formula is C41H32N4. The van der Waals surface area contributed by atoms with Gasteiger partial charge < -0.3 is 20.1 Å². The topological polar surface area (TPSA) is 32.2 Å². The lowest BCUT2D eigenvalue weighted by Gasteiger charge is -2.42. The molecule has 2 aliphatic heterocycles. The predicted molar refractivity (Wildman–Crippen MR) is 188 cm³/mol. The zero-order valence-corrected chi connectivity index (χ0v) is 25.0. The minimum absolute atomic E-state index is 0.0422. The van der Waals surface area contributed by atoms with Crippen LogP contribution in [0, 0.1) is 0 Å². The van der Waals surface area contributed by atoms with Gasteiger partial charge in [0.25, 0.3) is 0 Å². The summed E-state index contributed by atoms with van der Waals surface area (Å²) < 4.78 is 2.43. The molecule has 6 aromatic carbocycles. The number of hydrogen-bond acceptors (Lipinski definition) is 3. The Morgan fingerprint density at radius 2 is 1.27 bits per heavy atom. The molecule has 0 saturated carbocycles. The lowest BCUT2D eigenvalue weighted by atomic mass is 10.00. The highest BCUT2D eigenvalue weighted by Crippen LogP contribution is 2.46. The van der Waals surface area contributed by atoms with Crippen LogP contribution in [0.25, 0.3) is 49.0 Å². The Bertz CT molecular complexity index is 2280. The maximum Gasteiger partial charge on any atom is 0.129 e. The van der Waals surface area contributed by atoms with E-state index in [0.29, 0.717) is 0 Å². The van der Waals surface area contributed by atoms with Gasteiger partial charge >= 0.3 is 0 Å². The molecule has 0 radical (unpaired) electrons. The number of aromatic nitrogens is 1. The van der Waals surface area contributed by atoms with E-state index in [-0.39, 0.29) is 12.3 Å². The fraction of sp³-hybridized carbons (Fsp3) is 0.0732. The monoisotopic (exact) mass is 580 g/mol. The van der Waals surface area contributed by atoms with Gasteiger partial charge in [-0.2, -0.15) is 0 Å². The molecule has 4 heteroatoms. The second-order valence-corrected chi connectivity index (χ2v) is 12.0. The standard InChI is InChI=1S/C41H32N4/c1-3-4-17-35-26(2)42-41-33-15-9-10-16-34(33)43-40(45(35)41)29-18-22-30(23-19-29)44-36-24-20-27-11-5-7-13-31(27)38(36)39-32-14-8-6-12-28(32)21-25-37(39)44/h3-25,40-43H,1H2,2H3/b17-4-. The zero-order valence-electron chi connectivity index (χ0n) is 25.0. The van der Waals surface area contributed by atoms with Crippen molar-refractivity contribution in [2.75, 3.05) is 5.32 Å². The second-order valence-electron chi connectivity index (χ2n) is 12.0. The predicted octanol–water partition coefficient (Wildman–Crippen LogP) is 10.1. The van der Waals surface area contributed by atoms with Crippen LogP contribution in [-0.2, 0) is 0 Å². The summed E-state index contributed by atoms with van der Waals surface area (Å²) >= 11 is 0. The molecule has 4 nitrogen and oxygen atoms in total. The Morgan fingerprint density at radius 3 is 1.93 bits per heavy atom. The molecule has 3 heterocycles. The van der Waals surface area contributed by atoms with Crippen LogP contribution in [0.15, 0.2) is 158 Å². The minimum atomic E-state index is -0.0422. The van der Waals surface area contributed by atoms with E-state index in [1.807, 2.05) is 12.2 Å². The number of hydrogen-bond donors (Lipinski definition) is 2. The summed E-state index contributed by atoms with van der Waals surface area (Å²) in [5.74, 6) is 0. The van der Waals surface area contributed by atoms with Crippen molar-refractivity contribution in [3.8, 4) is 5.69 Å². The highest BCUT2D eigenvalue weighted by molar-refractivity contribution is 6.28. The molecule has 45 heavy (non-hydrogen) atoms. The first-order valence-electron chi connectivity index (χ1n) is 15.6. The number of anilines is 1. The maximum atomic E-state index is 3.91. The molecule has 2 unspecified atom stereocenters. The first-order valence-corrected chi connectivity index (χ1v) is 15.6. The average Bonchev–Trinajstić information content (AvgIpc) is 3.62. The largest absolute Gasteiger partial charge is 0.363 e. The van der Waals surface area contributed by atoms with Gasteiger partial charge in [0.15, 0.2) is 0 Å². The maximum absolute atomic E-state index is 3.91. The third-order valence-corrected chi connectivity index (χ3v) is 9.52. The van der Waals surface area contributed by atoms with Crippen LogP contribution in [0.2, 0.25) is 0 Å². The summed E-state index contributed by atoms with van der Waals surface area (Å²) in [7, 11) is 0. The lowest BCUT2D eigenvalue weighted by Crippen LogP contribution is -2.40. The van der Waals surface area contributed by atoms with Crippen LogP contribution in [0.4, 0.5) is 5.69 Å². The smallest absolute Gasteiger partial charge is 0.129 e. The Labute approximate surface area is 262 Å². The normalized spacial score (nSPS) is 17.7. The van der Waals surface area contributed by atoms with Gasteiger partial charge in [-0.1, -0.05) is 110 Å². The summed E-state index contributed by atoms with van der Waals surface area (Å²) in [5.41, 5.74) is 9.51. The number of benzene rings is 6. The highest BCUT2D eigenvalue weighted by Gasteiger charge is 2.40. The summed E-state index contributed by atoms with van der Waals surface area (Å²) in [6.45, 7) is 6.06. The van der Waals surface area contributed by atoms with Crippen molar-refractivity contribution in [2.45, 2.75) is 19.3 Å². The molecule has 0 spiro atoms. The van der Waals surface area contributed by atoms with E-state index >= 15 is 0 Å². The highest BCUT2D eigenvalue weighted by atomic mass is 15.4. The first kappa shape index (κ1) is 25.7. The van der Waals surface area contributed by atoms with Gasteiger partial charge in [0.2, 0.25) is 0 Å². The van der Waals surface area contributed by atoms with E-state index < -0.39 is 0 Å². The molecule has 0 amide bonds. The van der Waals surface area contributed by atoms with E-state index in [1.165, 1.54) is 54.5 Å². The molecule has 1 aromatic heterocycles. The summed E-state index contributed by atoms with van der Waals surface area (Å²) in [6.07, 6.45) is 6.01. The van der Waals surface area contributed by atoms with Crippen molar-refractivity contribution in [2.24, 2.45) is 0 Å². The molecule has 0 fully saturated rings. The van der Waals surface area contributed by atoms with E-state index in [4.69, 9.17) is 0 Å². The number of rotatable bonds is 4. The van der Waals surface area contributed by atoms with Crippen LogP contribution < -0.4 is 10.6 Å². The van der Waals surface area contributed by atoms with Crippen molar-refractivity contribution in [1.82, 2.24) is 14.8 Å². The third kappa shape index (κ3) is 3.79. The van der Waals surface area contributed by atoms with Crippen LogP contribution in [0.1, 0.15) is 30.4 Å². The quantitative estimate of drug-likeness (QED) is 0.203. The molecule has 2 atom stereocenters. The molecule has 0 aliphatic carbocycles. The van der Waals surface area contributed by atoms with Gasteiger partial charge in [0.1, 0.15) is 12.3 Å². The number of nitrogens with one attached hydrogen (secondary N) is 2. The summed E-state index contributed by atoms with van der Waals surface area (Å²) in [4.78, 5) is 2.45. The van der Waals surface area contributed by atoms with Crippen molar-refractivity contribution in [3.05, 3.63) is 169 Å². The fourth-order valence-electron chi connectivity index (χ4n) is 7.53. The van der Waals surface area contributed by atoms with E-state index in [2.05, 4.69) is 161 Å². The van der Waals surface area contributed by atoms with Gasteiger partial charge in [0, 0.05) is 33.4 Å². The van der Waals surface area contributed by atoms with E-state index in [1.54, 1.807) is 0 Å². The molecule has 7 aromatic rings. The van der Waals surface area contributed by atoms with Gasteiger partial charge in [-0.25, -0.2) is 0 Å². The Balaban J connectivity index is 1.22. The summed E-state index contributed by atoms with van der Waals surface area (Å²) in [6, 6.07) is 44.2. The first-order chi connectivity index (χ1) is 22.2. The SMILES string of the molecule is C=C/C=C\C1=C(C)NC2c3ccccc3NC(c3ccc(-n4c5ccc6ccccc6c5c5c6ccccc6ccc54)cc3)N12. The van der Waals surface area contributed by atoms with Crippen LogP contribution >= 0.6 is 0 Å². The molecule has 0 bridgehead atoms. The minimum Gasteiger partial charge on any atom is -0.363 e. The van der Waals surface area contributed by atoms with Crippen molar-refractivity contribution in [3.63, 3.8) is 0 Å². The van der Waals surface area contributed by atoms with Gasteiger partial charge in [-0.05, 0) is 70.4 Å². The number of para-hydroxylation sites is 1. The van der Waals surface area contributed by atoms with Crippen molar-refractivity contribution in [1.29, 1.82) is 0 Å².